The van der Waals surface area contributed by atoms with E-state index in [1.54, 1.807) is 0 Å². The number of ketones is 1. The molecule has 104 valence electrons. The highest BCUT2D eigenvalue weighted by Crippen LogP contribution is 2.39. The molecule has 19 heavy (non-hydrogen) atoms. The number of nitrogens with zero attached hydrogens (tertiary/aromatic N) is 1. The Morgan fingerprint density at radius 2 is 1.74 bits per heavy atom. The Balaban J connectivity index is 3.25. The van der Waals surface area contributed by atoms with Gasteiger partial charge in [0, 0.05) is 17.7 Å². The van der Waals surface area contributed by atoms with Gasteiger partial charge in [-0.15, -0.1) is 0 Å². The van der Waals surface area contributed by atoms with Gasteiger partial charge in [-0.1, -0.05) is 11.6 Å². The van der Waals surface area contributed by atoms with E-state index in [1.165, 1.54) is 0 Å². The summed E-state index contributed by atoms with van der Waals surface area (Å²) in [4.78, 5) is 20.5. The lowest BCUT2D eigenvalue weighted by Crippen LogP contribution is -2.44. The fourth-order valence-corrected chi connectivity index (χ4v) is 1.36. The second-order valence-corrected chi connectivity index (χ2v) is 3.73. The standard InChI is InChI=1S/C9H3ClF5NO3/c10-6-3-4(16(18)19)1-2-5(6)7(17)8(11,12)9(13,14)15/h1-3H. The van der Waals surface area contributed by atoms with Crippen molar-refractivity contribution in [2.45, 2.75) is 12.1 Å². The first-order valence-corrected chi connectivity index (χ1v) is 4.79. The van der Waals surface area contributed by atoms with Gasteiger partial charge in [-0.25, -0.2) is 0 Å². The van der Waals surface area contributed by atoms with Gasteiger partial charge in [-0.3, -0.25) is 14.9 Å². The summed E-state index contributed by atoms with van der Waals surface area (Å²) in [5.41, 5.74) is -1.79. The Labute approximate surface area is 106 Å². The molecular formula is C9H3ClF5NO3. The van der Waals surface area contributed by atoms with Crippen LogP contribution in [-0.2, 0) is 0 Å². The Hall–Kier alpha value is -1.77. The average molecular weight is 304 g/mol. The minimum absolute atomic E-state index is 0.447. The van der Waals surface area contributed by atoms with Crippen LogP contribution in [0, 0.1) is 10.1 Å². The molecule has 0 atom stereocenters. The molecule has 0 fully saturated rings. The maximum atomic E-state index is 12.8. The SMILES string of the molecule is O=C(c1ccc([N+](=O)[O-])cc1Cl)C(F)(F)C(F)(F)F. The van der Waals surface area contributed by atoms with Crippen molar-refractivity contribution in [1.29, 1.82) is 0 Å². The lowest BCUT2D eigenvalue weighted by Gasteiger charge is -2.18. The zero-order valence-corrected chi connectivity index (χ0v) is 9.43. The van der Waals surface area contributed by atoms with Crippen LogP contribution in [0.25, 0.3) is 0 Å². The monoisotopic (exact) mass is 303 g/mol. The number of non-ortho nitro benzene ring substituents is 1. The fourth-order valence-electron chi connectivity index (χ4n) is 1.10. The van der Waals surface area contributed by atoms with Crippen molar-refractivity contribution in [1.82, 2.24) is 0 Å². The summed E-state index contributed by atoms with van der Waals surface area (Å²) in [5, 5.41) is 9.47. The van der Waals surface area contributed by atoms with Crippen LogP contribution in [0.1, 0.15) is 10.4 Å². The van der Waals surface area contributed by atoms with Crippen molar-refractivity contribution in [3.8, 4) is 0 Å². The molecule has 1 aromatic rings. The molecule has 10 heteroatoms. The minimum Gasteiger partial charge on any atom is -0.287 e. The van der Waals surface area contributed by atoms with E-state index in [0.29, 0.717) is 18.2 Å². The highest BCUT2D eigenvalue weighted by Gasteiger charge is 2.63. The molecule has 0 spiro atoms. The highest BCUT2D eigenvalue weighted by atomic mass is 35.5. The number of hydrogen-bond donors (Lipinski definition) is 0. The molecule has 0 radical (unpaired) electrons. The van der Waals surface area contributed by atoms with E-state index in [-0.39, 0.29) is 0 Å². The predicted octanol–water partition coefficient (Wildman–Crippen LogP) is 3.63. The van der Waals surface area contributed by atoms with Crippen LogP contribution in [0.4, 0.5) is 27.6 Å². The van der Waals surface area contributed by atoms with Crippen LogP contribution >= 0.6 is 11.6 Å². The summed E-state index contributed by atoms with van der Waals surface area (Å²) in [6.07, 6.45) is -6.07. The van der Waals surface area contributed by atoms with E-state index in [2.05, 4.69) is 0 Å². The van der Waals surface area contributed by atoms with Crippen LogP contribution < -0.4 is 0 Å². The molecule has 0 heterocycles. The number of halogens is 6. The van der Waals surface area contributed by atoms with Gasteiger partial charge < -0.3 is 0 Å². The molecule has 0 aliphatic rings. The third-order valence-corrected chi connectivity index (χ3v) is 2.36. The smallest absolute Gasteiger partial charge is 0.287 e. The largest absolute Gasteiger partial charge is 0.461 e. The van der Waals surface area contributed by atoms with Crippen LogP contribution in [0.15, 0.2) is 18.2 Å². The van der Waals surface area contributed by atoms with Gasteiger partial charge in [-0.2, -0.15) is 22.0 Å². The van der Waals surface area contributed by atoms with Crippen molar-refractivity contribution >= 4 is 23.1 Å². The number of nitro benzene ring substituents is 1. The van der Waals surface area contributed by atoms with Gasteiger partial charge in [0.2, 0.25) is 5.78 Å². The minimum atomic E-state index is -6.07. The van der Waals surface area contributed by atoms with Crippen molar-refractivity contribution in [2.24, 2.45) is 0 Å². The summed E-state index contributed by atoms with van der Waals surface area (Å²) >= 11 is 5.30. The lowest BCUT2D eigenvalue weighted by molar-refractivity contribution is -0.384. The molecule has 0 aliphatic carbocycles. The van der Waals surface area contributed by atoms with Crippen LogP contribution in [0.2, 0.25) is 5.02 Å². The van der Waals surface area contributed by atoms with Crippen molar-refractivity contribution in [2.75, 3.05) is 0 Å². The third kappa shape index (κ3) is 2.80. The van der Waals surface area contributed by atoms with Crippen molar-refractivity contribution < 1.29 is 31.7 Å². The number of hydrogen-bond acceptors (Lipinski definition) is 3. The topological polar surface area (TPSA) is 60.2 Å². The van der Waals surface area contributed by atoms with E-state index in [9.17, 15) is 36.9 Å². The summed E-state index contributed by atoms with van der Waals surface area (Å²) in [6, 6.07) is 1.56. The van der Waals surface area contributed by atoms with E-state index in [1.807, 2.05) is 0 Å². The van der Waals surface area contributed by atoms with E-state index in [4.69, 9.17) is 11.6 Å². The highest BCUT2D eigenvalue weighted by molar-refractivity contribution is 6.34. The van der Waals surface area contributed by atoms with Gasteiger partial charge in [0.15, 0.2) is 0 Å². The average Bonchev–Trinajstić information content (AvgIpc) is 2.26. The van der Waals surface area contributed by atoms with E-state index in [0.717, 1.165) is 0 Å². The van der Waals surface area contributed by atoms with Crippen LogP contribution in [0.3, 0.4) is 0 Å². The van der Waals surface area contributed by atoms with Gasteiger partial charge in [0.1, 0.15) is 0 Å². The predicted molar refractivity (Wildman–Crippen MR) is 53.4 cm³/mol. The molecule has 0 unspecified atom stereocenters. The Bertz CT molecular complexity index is 543. The number of carbonyl (C=O) groups excluding carboxylic acids is 1. The molecule has 0 bridgehead atoms. The Morgan fingerprint density at radius 3 is 2.11 bits per heavy atom. The molecule has 0 aromatic heterocycles. The van der Waals surface area contributed by atoms with Crippen molar-refractivity contribution in [3.05, 3.63) is 38.9 Å². The second kappa shape index (κ2) is 4.72. The summed E-state index contributed by atoms with van der Waals surface area (Å²) in [6.45, 7) is 0. The van der Waals surface area contributed by atoms with E-state index >= 15 is 0 Å². The van der Waals surface area contributed by atoms with Crippen LogP contribution in [-0.4, -0.2) is 22.8 Å². The fraction of sp³-hybridized carbons (Fsp3) is 0.222. The van der Waals surface area contributed by atoms with E-state index < -0.39 is 39.1 Å². The van der Waals surface area contributed by atoms with Gasteiger partial charge in [0.25, 0.3) is 5.69 Å². The molecule has 1 aromatic carbocycles. The number of Topliss-reactive ketones (excluding diaryl/α,β-unsaturated/α-hetero) is 1. The number of carbonyl (C=O) groups is 1. The molecular weight excluding hydrogens is 301 g/mol. The normalized spacial score (nSPS) is 12.3. The molecule has 0 amide bonds. The van der Waals surface area contributed by atoms with Crippen LogP contribution in [0.5, 0.6) is 0 Å². The second-order valence-electron chi connectivity index (χ2n) is 3.32. The van der Waals surface area contributed by atoms with Gasteiger partial charge >= 0.3 is 12.1 Å². The molecule has 0 N–H and O–H groups in total. The first-order chi connectivity index (χ1) is 8.48. The maximum Gasteiger partial charge on any atom is 0.461 e. The van der Waals surface area contributed by atoms with Gasteiger partial charge in [-0.05, 0) is 6.07 Å². The molecule has 0 aliphatic heterocycles. The van der Waals surface area contributed by atoms with Gasteiger partial charge in [0.05, 0.1) is 9.95 Å². The summed E-state index contributed by atoms with van der Waals surface area (Å²) in [7, 11) is 0. The lowest BCUT2D eigenvalue weighted by atomic mass is 10.0. The number of rotatable bonds is 3. The maximum absolute atomic E-state index is 12.8. The number of alkyl halides is 5. The molecule has 0 saturated carbocycles. The number of nitro groups is 1. The molecule has 4 nitrogen and oxygen atoms in total. The Morgan fingerprint density at radius 1 is 1.21 bits per heavy atom. The Kier molecular flexibility index (Phi) is 3.80. The number of benzene rings is 1. The molecule has 1 rings (SSSR count). The summed E-state index contributed by atoms with van der Waals surface area (Å²) in [5.74, 6) is -8.19. The third-order valence-electron chi connectivity index (χ3n) is 2.05. The first-order valence-electron chi connectivity index (χ1n) is 4.41. The quantitative estimate of drug-likeness (QED) is 0.371. The zero-order chi connectivity index (χ0) is 15.0. The first kappa shape index (κ1) is 15.3. The zero-order valence-electron chi connectivity index (χ0n) is 8.67. The summed E-state index contributed by atoms with van der Waals surface area (Å²) < 4.78 is 61.5. The van der Waals surface area contributed by atoms with Crippen molar-refractivity contribution in [3.63, 3.8) is 0 Å². The molecule has 0 saturated heterocycles.